The Morgan fingerprint density at radius 1 is 1.22 bits per heavy atom. The van der Waals surface area contributed by atoms with Crippen molar-refractivity contribution in [2.24, 2.45) is 5.92 Å². The molecular weight excluding hydrogens is 228 g/mol. The standard InChI is InChI=1S/C15H22O3/c1-17-8-4-9-18-10-7-13-11-12-5-2-3-6-14(12)15(13)16/h2-3,5-6,13,15-16H,4,7-11H2,1H3. The molecule has 0 saturated carbocycles. The molecule has 1 N–H and O–H groups in total. The molecule has 0 amide bonds. The van der Waals surface area contributed by atoms with Crippen LogP contribution < -0.4 is 0 Å². The average molecular weight is 250 g/mol. The number of fused-ring (bicyclic) bond motifs is 1. The first-order valence-electron chi connectivity index (χ1n) is 6.65. The van der Waals surface area contributed by atoms with Crippen LogP contribution in [0.15, 0.2) is 24.3 Å². The molecule has 0 saturated heterocycles. The van der Waals surface area contributed by atoms with E-state index in [4.69, 9.17) is 9.47 Å². The Hall–Kier alpha value is -0.900. The molecule has 1 aliphatic rings. The molecule has 2 unspecified atom stereocenters. The molecule has 0 aromatic heterocycles. The largest absolute Gasteiger partial charge is 0.388 e. The second kappa shape index (κ2) is 6.88. The summed E-state index contributed by atoms with van der Waals surface area (Å²) in [5, 5.41) is 10.2. The first kappa shape index (κ1) is 13.5. The highest BCUT2D eigenvalue weighted by molar-refractivity contribution is 5.34. The molecule has 3 heteroatoms. The van der Waals surface area contributed by atoms with Crippen LogP contribution in [0.1, 0.15) is 30.1 Å². The van der Waals surface area contributed by atoms with Crippen LogP contribution in [-0.2, 0) is 15.9 Å². The zero-order valence-electron chi connectivity index (χ0n) is 11.0. The highest BCUT2D eigenvalue weighted by Crippen LogP contribution is 2.37. The second-order valence-electron chi connectivity index (χ2n) is 4.86. The fraction of sp³-hybridized carbons (Fsp3) is 0.600. The maximum Gasteiger partial charge on any atom is 0.0824 e. The summed E-state index contributed by atoms with van der Waals surface area (Å²) >= 11 is 0. The lowest BCUT2D eigenvalue weighted by atomic mass is 10.0. The van der Waals surface area contributed by atoms with Gasteiger partial charge in [-0.25, -0.2) is 0 Å². The lowest BCUT2D eigenvalue weighted by Crippen LogP contribution is -2.11. The van der Waals surface area contributed by atoms with Crippen LogP contribution in [0, 0.1) is 5.92 Å². The molecule has 1 aliphatic carbocycles. The molecule has 0 spiro atoms. The van der Waals surface area contributed by atoms with E-state index in [0.29, 0.717) is 5.92 Å². The molecule has 0 fully saturated rings. The van der Waals surface area contributed by atoms with Crippen LogP contribution in [0.3, 0.4) is 0 Å². The summed E-state index contributed by atoms with van der Waals surface area (Å²) < 4.78 is 10.5. The average Bonchev–Trinajstić information content (AvgIpc) is 2.71. The van der Waals surface area contributed by atoms with Crippen molar-refractivity contribution in [3.63, 3.8) is 0 Å². The molecule has 0 bridgehead atoms. The van der Waals surface area contributed by atoms with Gasteiger partial charge in [0.25, 0.3) is 0 Å². The predicted molar refractivity (Wildman–Crippen MR) is 70.5 cm³/mol. The molecular formula is C15H22O3. The molecule has 2 atom stereocenters. The highest BCUT2D eigenvalue weighted by Gasteiger charge is 2.29. The van der Waals surface area contributed by atoms with Gasteiger partial charge in [-0.05, 0) is 36.3 Å². The van der Waals surface area contributed by atoms with Crippen LogP contribution in [0.4, 0.5) is 0 Å². The lowest BCUT2D eigenvalue weighted by Gasteiger charge is -2.14. The van der Waals surface area contributed by atoms with Gasteiger partial charge in [0.2, 0.25) is 0 Å². The van der Waals surface area contributed by atoms with Crippen LogP contribution in [-0.4, -0.2) is 32.0 Å². The first-order chi connectivity index (χ1) is 8.83. The van der Waals surface area contributed by atoms with Crippen molar-refractivity contribution in [3.05, 3.63) is 35.4 Å². The van der Waals surface area contributed by atoms with E-state index in [9.17, 15) is 5.11 Å². The zero-order valence-corrected chi connectivity index (χ0v) is 11.0. The van der Waals surface area contributed by atoms with Crippen LogP contribution in [0.2, 0.25) is 0 Å². The van der Waals surface area contributed by atoms with Crippen molar-refractivity contribution in [2.75, 3.05) is 26.9 Å². The number of aliphatic hydroxyl groups excluding tert-OH is 1. The number of ether oxygens (including phenoxy) is 2. The molecule has 0 heterocycles. The van der Waals surface area contributed by atoms with Gasteiger partial charge in [0, 0.05) is 26.9 Å². The van der Waals surface area contributed by atoms with Gasteiger partial charge in [-0.2, -0.15) is 0 Å². The Morgan fingerprint density at radius 2 is 2.06 bits per heavy atom. The molecule has 0 radical (unpaired) electrons. The molecule has 1 aromatic carbocycles. The van der Waals surface area contributed by atoms with Crippen molar-refractivity contribution >= 4 is 0 Å². The number of hydrogen-bond acceptors (Lipinski definition) is 3. The topological polar surface area (TPSA) is 38.7 Å². The van der Waals surface area contributed by atoms with Crippen molar-refractivity contribution < 1.29 is 14.6 Å². The van der Waals surface area contributed by atoms with Gasteiger partial charge in [0.15, 0.2) is 0 Å². The Kier molecular flexibility index (Phi) is 5.17. The molecule has 1 aromatic rings. The Labute approximate surface area is 109 Å². The molecule has 18 heavy (non-hydrogen) atoms. The highest BCUT2D eigenvalue weighted by atomic mass is 16.5. The van der Waals surface area contributed by atoms with E-state index >= 15 is 0 Å². The third kappa shape index (κ3) is 3.31. The summed E-state index contributed by atoms with van der Waals surface area (Å²) in [6.45, 7) is 2.21. The lowest BCUT2D eigenvalue weighted by molar-refractivity contribution is 0.0650. The van der Waals surface area contributed by atoms with Gasteiger partial charge in [-0.3, -0.25) is 0 Å². The van der Waals surface area contributed by atoms with E-state index in [1.807, 2.05) is 18.2 Å². The van der Waals surface area contributed by atoms with Gasteiger partial charge in [-0.1, -0.05) is 24.3 Å². The Bertz CT molecular complexity index is 365. The maximum atomic E-state index is 10.2. The fourth-order valence-electron chi connectivity index (χ4n) is 2.56. The van der Waals surface area contributed by atoms with Crippen LogP contribution >= 0.6 is 0 Å². The third-order valence-corrected chi connectivity index (χ3v) is 3.57. The van der Waals surface area contributed by atoms with E-state index < -0.39 is 0 Å². The second-order valence-corrected chi connectivity index (χ2v) is 4.86. The number of hydrogen-bond donors (Lipinski definition) is 1. The van der Waals surface area contributed by atoms with E-state index in [0.717, 1.165) is 44.6 Å². The van der Waals surface area contributed by atoms with Crippen molar-refractivity contribution in [3.8, 4) is 0 Å². The van der Waals surface area contributed by atoms with Gasteiger partial charge < -0.3 is 14.6 Å². The van der Waals surface area contributed by atoms with Gasteiger partial charge in [0.05, 0.1) is 6.10 Å². The minimum absolute atomic E-state index is 0.310. The van der Waals surface area contributed by atoms with Crippen molar-refractivity contribution in [1.29, 1.82) is 0 Å². The fourth-order valence-corrected chi connectivity index (χ4v) is 2.56. The first-order valence-corrected chi connectivity index (χ1v) is 6.65. The normalized spacial score (nSPS) is 22.1. The third-order valence-electron chi connectivity index (χ3n) is 3.57. The summed E-state index contributed by atoms with van der Waals surface area (Å²) in [4.78, 5) is 0. The summed E-state index contributed by atoms with van der Waals surface area (Å²) in [5.74, 6) is 0.310. The summed E-state index contributed by atoms with van der Waals surface area (Å²) in [6, 6.07) is 8.16. The number of rotatable bonds is 7. The van der Waals surface area contributed by atoms with E-state index in [1.165, 1.54) is 5.56 Å². The number of methoxy groups -OCH3 is 1. The number of aliphatic hydroxyl groups is 1. The monoisotopic (exact) mass is 250 g/mol. The van der Waals surface area contributed by atoms with Crippen LogP contribution in [0.5, 0.6) is 0 Å². The van der Waals surface area contributed by atoms with E-state index in [1.54, 1.807) is 7.11 Å². The van der Waals surface area contributed by atoms with Crippen LogP contribution in [0.25, 0.3) is 0 Å². The van der Waals surface area contributed by atoms with E-state index in [2.05, 4.69) is 6.07 Å². The van der Waals surface area contributed by atoms with E-state index in [-0.39, 0.29) is 6.10 Å². The van der Waals surface area contributed by atoms with Gasteiger partial charge in [0.1, 0.15) is 0 Å². The van der Waals surface area contributed by atoms with Crippen molar-refractivity contribution in [2.45, 2.75) is 25.4 Å². The summed E-state index contributed by atoms with van der Waals surface area (Å²) in [7, 11) is 1.70. The summed E-state index contributed by atoms with van der Waals surface area (Å²) in [6.07, 6.45) is 2.51. The van der Waals surface area contributed by atoms with Gasteiger partial charge >= 0.3 is 0 Å². The minimum Gasteiger partial charge on any atom is -0.388 e. The van der Waals surface area contributed by atoms with Crippen molar-refractivity contribution in [1.82, 2.24) is 0 Å². The molecule has 2 rings (SSSR count). The SMILES string of the molecule is COCCCOCCC1Cc2ccccc2C1O. The predicted octanol–water partition coefficient (Wildman–Crippen LogP) is 2.34. The smallest absolute Gasteiger partial charge is 0.0824 e. The quantitative estimate of drug-likeness (QED) is 0.755. The summed E-state index contributed by atoms with van der Waals surface area (Å²) in [5.41, 5.74) is 2.39. The Balaban J connectivity index is 1.70. The Morgan fingerprint density at radius 3 is 2.83 bits per heavy atom. The van der Waals surface area contributed by atoms with Gasteiger partial charge in [-0.15, -0.1) is 0 Å². The molecule has 3 nitrogen and oxygen atoms in total. The molecule has 100 valence electrons. The minimum atomic E-state index is -0.316. The number of benzene rings is 1. The zero-order chi connectivity index (χ0) is 12.8. The maximum absolute atomic E-state index is 10.2. The molecule has 0 aliphatic heterocycles.